The lowest BCUT2D eigenvalue weighted by Crippen LogP contribution is -2.59. The van der Waals surface area contributed by atoms with Gasteiger partial charge in [-0.3, -0.25) is 19.2 Å². The van der Waals surface area contributed by atoms with Crippen LogP contribution in [-0.4, -0.2) is 74.8 Å². The van der Waals surface area contributed by atoms with Crippen LogP contribution in [0.3, 0.4) is 0 Å². The molecule has 0 bridgehead atoms. The second kappa shape index (κ2) is 13.7. The zero-order chi connectivity index (χ0) is 27.7. The molecule has 12 nitrogen and oxygen atoms in total. The second-order valence-corrected chi connectivity index (χ2v) is 9.15. The largest absolute Gasteiger partial charge is 0.481 e. The molecule has 0 fully saturated rings. The van der Waals surface area contributed by atoms with Gasteiger partial charge >= 0.3 is 11.9 Å². The Labute approximate surface area is 219 Å². The van der Waals surface area contributed by atoms with Gasteiger partial charge in [0.1, 0.15) is 18.1 Å². The van der Waals surface area contributed by atoms with Crippen molar-refractivity contribution in [2.75, 3.05) is 5.75 Å². The van der Waals surface area contributed by atoms with E-state index in [0.717, 1.165) is 10.9 Å². The molecule has 2 aromatic rings. The lowest BCUT2D eigenvalue weighted by Gasteiger charge is -2.27. The third-order valence-electron chi connectivity index (χ3n) is 6.05. The van der Waals surface area contributed by atoms with Crippen LogP contribution in [0, 0.1) is 5.92 Å². The van der Waals surface area contributed by atoms with Gasteiger partial charge in [-0.2, -0.15) is 12.6 Å². The molecule has 1 aromatic carbocycles. The summed E-state index contributed by atoms with van der Waals surface area (Å²) in [6, 6.07) is 2.41. The normalized spacial score (nSPS) is 15.1. The Morgan fingerprint density at radius 2 is 1.65 bits per heavy atom. The maximum Gasteiger partial charge on any atom is 0.327 e. The number of nitrogens with one attached hydrogen (secondary N) is 4. The quantitative estimate of drug-likeness (QED) is 0.155. The van der Waals surface area contributed by atoms with Crippen LogP contribution in [0.5, 0.6) is 0 Å². The van der Waals surface area contributed by atoms with E-state index in [1.54, 1.807) is 20.0 Å². The number of fused-ring (bicyclic) bond motifs is 1. The number of H-pyrrole nitrogens is 1. The predicted molar refractivity (Wildman–Crippen MR) is 139 cm³/mol. The molecule has 5 atom stereocenters. The summed E-state index contributed by atoms with van der Waals surface area (Å²) < 4.78 is 0. The van der Waals surface area contributed by atoms with E-state index < -0.39 is 60.2 Å². The topological polar surface area (TPSA) is 204 Å². The first-order valence-corrected chi connectivity index (χ1v) is 12.4. The molecule has 0 aliphatic carbocycles. The van der Waals surface area contributed by atoms with Crippen LogP contribution in [0.25, 0.3) is 10.9 Å². The molecule has 8 N–H and O–H groups in total. The predicted octanol–water partition coefficient (Wildman–Crippen LogP) is 0.0273. The molecule has 3 amide bonds. The molecule has 0 spiro atoms. The third kappa shape index (κ3) is 8.22. The van der Waals surface area contributed by atoms with Gasteiger partial charge in [-0.05, 0) is 17.5 Å². The van der Waals surface area contributed by atoms with E-state index >= 15 is 0 Å². The maximum atomic E-state index is 13.3. The summed E-state index contributed by atoms with van der Waals surface area (Å²) in [6.07, 6.45) is 1.59. The van der Waals surface area contributed by atoms with Gasteiger partial charge in [0, 0.05) is 29.3 Å². The number of rotatable bonds is 14. The molecule has 202 valence electrons. The Kier molecular flexibility index (Phi) is 10.9. The van der Waals surface area contributed by atoms with Gasteiger partial charge < -0.3 is 36.9 Å². The number of benzene rings is 1. The molecule has 1 aromatic heterocycles. The Hall–Kier alpha value is -3.58. The van der Waals surface area contributed by atoms with Crippen LogP contribution in [0.2, 0.25) is 0 Å². The van der Waals surface area contributed by atoms with Crippen molar-refractivity contribution in [3.8, 4) is 0 Å². The number of carbonyl (C=O) groups excluding carboxylic acids is 3. The standard InChI is InChI=1S/C24H33N5O7S/c1-3-12(2)20(29-21(32)15(25)9-19(30)31)23(34)27-17(22(33)28-18(11-37)24(35)36)8-13-10-26-16-7-5-4-6-14(13)16/h4-7,10,12,15,17-18,20,26,37H,3,8-9,11,25H2,1-2H3,(H,27,34)(H,28,33)(H,29,32)(H,30,31)(H,35,36). The molecule has 1 heterocycles. The van der Waals surface area contributed by atoms with Gasteiger partial charge in [-0.1, -0.05) is 38.5 Å². The maximum absolute atomic E-state index is 13.3. The van der Waals surface area contributed by atoms with Crippen molar-refractivity contribution >= 4 is 53.2 Å². The number of carboxylic acid groups (broad SMARTS) is 2. The van der Waals surface area contributed by atoms with Crippen LogP contribution in [-0.2, 0) is 30.4 Å². The summed E-state index contributed by atoms with van der Waals surface area (Å²) in [5.41, 5.74) is 7.17. The second-order valence-electron chi connectivity index (χ2n) is 8.78. The first-order chi connectivity index (χ1) is 17.5. The van der Waals surface area contributed by atoms with Crippen molar-refractivity contribution < 1.29 is 34.2 Å². The smallest absolute Gasteiger partial charge is 0.327 e. The highest BCUT2D eigenvalue weighted by Gasteiger charge is 2.33. The van der Waals surface area contributed by atoms with Crippen molar-refractivity contribution in [3.05, 3.63) is 36.0 Å². The number of aliphatic carboxylic acids is 2. The molecular formula is C24H33N5O7S. The summed E-state index contributed by atoms with van der Waals surface area (Å²) in [6.45, 7) is 3.51. The highest BCUT2D eigenvalue weighted by Crippen LogP contribution is 2.19. The minimum absolute atomic E-state index is 0.0280. The molecule has 5 unspecified atom stereocenters. The first-order valence-electron chi connectivity index (χ1n) is 11.8. The first kappa shape index (κ1) is 29.6. The number of amides is 3. The highest BCUT2D eigenvalue weighted by molar-refractivity contribution is 7.80. The van der Waals surface area contributed by atoms with Crippen LogP contribution in [0.4, 0.5) is 0 Å². The number of thiol groups is 1. The third-order valence-corrected chi connectivity index (χ3v) is 6.42. The molecule has 13 heteroatoms. The Balaban J connectivity index is 2.31. The van der Waals surface area contributed by atoms with E-state index in [1.165, 1.54) is 0 Å². The Bertz CT molecular complexity index is 1140. The monoisotopic (exact) mass is 535 g/mol. The van der Waals surface area contributed by atoms with Gasteiger partial charge in [-0.25, -0.2) is 4.79 Å². The Morgan fingerprint density at radius 3 is 2.24 bits per heavy atom. The van der Waals surface area contributed by atoms with E-state index in [9.17, 15) is 29.1 Å². The zero-order valence-electron chi connectivity index (χ0n) is 20.6. The van der Waals surface area contributed by atoms with Crippen molar-refractivity contribution in [1.29, 1.82) is 0 Å². The van der Waals surface area contributed by atoms with Crippen molar-refractivity contribution in [2.24, 2.45) is 11.7 Å². The van der Waals surface area contributed by atoms with Crippen molar-refractivity contribution in [2.45, 2.75) is 57.3 Å². The average molecular weight is 536 g/mol. The average Bonchev–Trinajstić information content (AvgIpc) is 3.26. The molecular weight excluding hydrogens is 502 g/mol. The van der Waals surface area contributed by atoms with Crippen LogP contribution in [0.1, 0.15) is 32.3 Å². The molecule has 0 saturated heterocycles. The van der Waals surface area contributed by atoms with Crippen LogP contribution in [0.15, 0.2) is 30.5 Å². The van der Waals surface area contributed by atoms with Crippen LogP contribution >= 0.6 is 12.6 Å². The number of aromatic amines is 1. The van der Waals surface area contributed by atoms with Gasteiger partial charge in [0.15, 0.2) is 0 Å². The van der Waals surface area contributed by atoms with E-state index in [-0.39, 0.29) is 18.1 Å². The summed E-state index contributed by atoms with van der Waals surface area (Å²) in [5, 5.41) is 26.6. The zero-order valence-corrected chi connectivity index (χ0v) is 21.5. The molecule has 0 saturated carbocycles. The molecule has 0 aliphatic heterocycles. The number of hydrogen-bond acceptors (Lipinski definition) is 7. The minimum atomic E-state index is -1.37. The number of para-hydroxylation sites is 1. The van der Waals surface area contributed by atoms with Gasteiger partial charge in [-0.15, -0.1) is 0 Å². The minimum Gasteiger partial charge on any atom is -0.481 e. The molecule has 37 heavy (non-hydrogen) atoms. The van der Waals surface area contributed by atoms with Crippen LogP contribution < -0.4 is 21.7 Å². The van der Waals surface area contributed by atoms with E-state index in [0.29, 0.717) is 12.0 Å². The lowest BCUT2D eigenvalue weighted by molar-refractivity contribution is -0.141. The number of hydrogen-bond donors (Lipinski definition) is 8. The molecule has 0 radical (unpaired) electrons. The summed E-state index contributed by atoms with van der Waals surface area (Å²) in [7, 11) is 0. The number of carboxylic acids is 2. The van der Waals surface area contributed by atoms with Crippen molar-refractivity contribution in [1.82, 2.24) is 20.9 Å². The van der Waals surface area contributed by atoms with Gasteiger partial charge in [0.2, 0.25) is 17.7 Å². The Morgan fingerprint density at radius 1 is 1.00 bits per heavy atom. The summed E-state index contributed by atoms with van der Waals surface area (Å²) in [4.78, 5) is 64.3. The molecule has 2 rings (SSSR count). The number of carbonyl (C=O) groups is 5. The fourth-order valence-corrected chi connectivity index (χ4v) is 3.94. The summed E-state index contributed by atoms with van der Waals surface area (Å²) in [5.74, 6) is -5.34. The van der Waals surface area contributed by atoms with Crippen molar-refractivity contribution in [3.63, 3.8) is 0 Å². The van der Waals surface area contributed by atoms with E-state index in [2.05, 4.69) is 33.6 Å². The fourth-order valence-electron chi connectivity index (χ4n) is 3.69. The number of aromatic nitrogens is 1. The SMILES string of the molecule is CCC(C)C(NC(=O)C(N)CC(=O)O)C(=O)NC(Cc1c[nH]c2ccccc12)C(=O)NC(CS)C(=O)O. The summed E-state index contributed by atoms with van der Waals surface area (Å²) >= 11 is 3.97. The van der Waals surface area contributed by atoms with E-state index in [1.807, 2.05) is 24.3 Å². The van der Waals surface area contributed by atoms with E-state index in [4.69, 9.17) is 10.8 Å². The fraction of sp³-hybridized carbons (Fsp3) is 0.458. The number of nitrogens with two attached hydrogens (primary N) is 1. The van der Waals surface area contributed by atoms with Gasteiger partial charge in [0.25, 0.3) is 0 Å². The van der Waals surface area contributed by atoms with Gasteiger partial charge in [0.05, 0.1) is 12.5 Å². The lowest BCUT2D eigenvalue weighted by atomic mass is 9.96. The molecule has 0 aliphatic rings. The highest BCUT2D eigenvalue weighted by atomic mass is 32.1.